The van der Waals surface area contributed by atoms with Gasteiger partial charge in [-0.1, -0.05) is 19.9 Å². The van der Waals surface area contributed by atoms with Crippen molar-refractivity contribution >= 4 is 35.5 Å². The zero-order valence-corrected chi connectivity index (χ0v) is 23.2. The second-order valence-corrected chi connectivity index (χ2v) is 10.2. The number of hydrogen-bond donors (Lipinski definition) is 2. The molecule has 2 aliphatic heterocycles. The van der Waals surface area contributed by atoms with Gasteiger partial charge in [0.05, 0.1) is 6.42 Å². The summed E-state index contributed by atoms with van der Waals surface area (Å²) >= 11 is 0. The maximum Gasteiger partial charge on any atom is 0.308 e. The first-order chi connectivity index (χ1) is 17.8. The Morgan fingerprint density at radius 2 is 1.66 bits per heavy atom. The van der Waals surface area contributed by atoms with E-state index in [9.17, 15) is 28.8 Å². The molecule has 2 saturated heterocycles. The number of nitrogens with one attached hydrogen (secondary N) is 2. The largest absolute Gasteiger partial charge is 0.452 e. The van der Waals surface area contributed by atoms with E-state index < -0.39 is 65.8 Å². The predicted molar refractivity (Wildman–Crippen MR) is 138 cm³/mol. The topological polar surface area (TPSA) is 145 Å². The number of carbonyl (C=O) groups is 6. The lowest BCUT2D eigenvalue weighted by Gasteiger charge is -2.36. The number of hydrogen-bond acceptors (Lipinski definition) is 7. The van der Waals surface area contributed by atoms with Crippen molar-refractivity contribution in [1.29, 1.82) is 0 Å². The molecule has 5 amide bonds. The highest BCUT2D eigenvalue weighted by atomic mass is 16.5. The molecule has 0 radical (unpaired) electrons. The summed E-state index contributed by atoms with van der Waals surface area (Å²) in [6.45, 7) is 10.5. The van der Waals surface area contributed by atoms with Gasteiger partial charge in [0.1, 0.15) is 24.2 Å². The molecular weight excluding hydrogens is 494 g/mol. The van der Waals surface area contributed by atoms with Gasteiger partial charge in [-0.2, -0.15) is 0 Å². The van der Waals surface area contributed by atoms with Crippen LogP contribution in [-0.4, -0.2) is 108 Å². The fraction of sp³-hybridized carbons (Fsp3) is 0.692. The Kier molecular flexibility index (Phi) is 10.8. The molecule has 12 heteroatoms. The van der Waals surface area contributed by atoms with Crippen LogP contribution < -0.4 is 10.6 Å². The lowest BCUT2D eigenvalue weighted by Crippen LogP contribution is -2.59. The van der Waals surface area contributed by atoms with Gasteiger partial charge in [0.2, 0.25) is 23.6 Å². The standard InChI is InChI=1S/C26H41N5O7/c1-8-10-19-25(36)31-14-9-11-18(31)23(34)28-16(4)24(35)30(7)21(15(2)3)26(37)29(6)17(5)22(33)27-13-12-20(32)38-19/h8,15-19,21H,1,9-14H2,2-7H3,(H,27,33)(H,28,34)/t16-,17-,18-,19?,21-/m0/s1. The van der Waals surface area contributed by atoms with Gasteiger partial charge in [0.15, 0.2) is 6.10 Å². The normalized spacial score (nSPS) is 29.2. The lowest BCUT2D eigenvalue weighted by molar-refractivity contribution is -0.161. The number of amides is 5. The smallest absolute Gasteiger partial charge is 0.308 e. The third kappa shape index (κ3) is 7.11. The number of rotatable bonds is 3. The Morgan fingerprint density at radius 3 is 2.26 bits per heavy atom. The highest BCUT2D eigenvalue weighted by molar-refractivity contribution is 5.96. The van der Waals surface area contributed by atoms with Gasteiger partial charge >= 0.3 is 5.97 Å². The fourth-order valence-electron chi connectivity index (χ4n) is 4.78. The summed E-state index contributed by atoms with van der Waals surface area (Å²) in [5.74, 6) is -3.40. The van der Waals surface area contributed by atoms with E-state index in [4.69, 9.17) is 4.74 Å². The average Bonchev–Trinajstić information content (AvgIpc) is 3.35. The van der Waals surface area contributed by atoms with Crippen molar-refractivity contribution < 1.29 is 33.5 Å². The van der Waals surface area contributed by atoms with E-state index in [2.05, 4.69) is 17.2 Å². The molecule has 38 heavy (non-hydrogen) atoms. The molecule has 0 aromatic heterocycles. The van der Waals surface area contributed by atoms with Gasteiger partial charge in [0.25, 0.3) is 5.91 Å². The summed E-state index contributed by atoms with van der Waals surface area (Å²) in [4.78, 5) is 82.2. The number of likely N-dealkylation sites (N-methyl/N-ethyl adjacent to an activating group) is 2. The molecule has 2 heterocycles. The van der Waals surface area contributed by atoms with Crippen LogP contribution in [0.25, 0.3) is 0 Å². The maximum absolute atomic E-state index is 13.4. The third-order valence-corrected chi connectivity index (χ3v) is 7.08. The number of carbonyl (C=O) groups excluding carboxylic acids is 6. The molecule has 0 spiro atoms. The Labute approximate surface area is 224 Å². The summed E-state index contributed by atoms with van der Waals surface area (Å²) in [5.41, 5.74) is 0. The minimum atomic E-state index is -1.16. The van der Waals surface area contributed by atoms with Crippen LogP contribution in [0.3, 0.4) is 0 Å². The first kappa shape index (κ1) is 30.8. The van der Waals surface area contributed by atoms with E-state index in [1.54, 1.807) is 20.8 Å². The molecule has 0 bridgehead atoms. The first-order valence-electron chi connectivity index (χ1n) is 13.0. The predicted octanol–water partition coefficient (Wildman–Crippen LogP) is -0.180. The van der Waals surface area contributed by atoms with E-state index in [-0.39, 0.29) is 25.3 Å². The van der Waals surface area contributed by atoms with Crippen LogP contribution in [0.15, 0.2) is 12.7 Å². The second kappa shape index (κ2) is 13.4. The van der Waals surface area contributed by atoms with Crippen LogP contribution in [0, 0.1) is 5.92 Å². The van der Waals surface area contributed by atoms with Crippen molar-refractivity contribution in [3.8, 4) is 0 Å². The quantitative estimate of drug-likeness (QED) is 0.377. The molecule has 5 atom stereocenters. The van der Waals surface area contributed by atoms with Crippen molar-refractivity contribution in [3.63, 3.8) is 0 Å². The summed E-state index contributed by atoms with van der Waals surface area (Å²) < 4.78 is 5.40. The summed E-state index contributed by atoms with van der Waals surface area (Å²) in [6.07, 6.45) is 1.12. The van der Waals surface area contributed by atoms with Gasteiger partial charge in [-0.25, -0.2) is 0 Å². The Bertz CT molecular complexity index is 952. The van der Waals surface area contributed by atoms with Gasteiger partial charge in [-0.3, -0.25) is 28.8 Å². The Morgan fingerprint density at radius 1 is 1.00 bits per heavy atom. The monoisotopic (exact) mass is 535 g/mol. The van der Waals surface area contributed by atoms with Crippen LogP contribution in [0.2, 0.25) is 0 Å². The van der Waals surface area contributed by atoms with Crippen molar-refractivity contribution in [3.05, 3.63) is 12.7 Å². The zero-order valence-electron chi connectivity index (χ0n) is 23.2. The number of nitrogens with zero attached hydrogens (tertiary/aromatic N) is 3. The Hall–Kier alpha value is -3.44. The second-order valence-electron chi connectivity index (χ2n) is 10.2. The molecule has 0 aliphatic carbocycles. The molecule has 212 valence electrons. The lowest BCUT2D eigenvalue weighted by atomic mass is 10.00. The number of ether oxygens (including phenoxy) is 1. The number of fused-ring (bicyclic) bond motifs is 1. The average molecular weight is 536 g/mol. The van der Waals surface area contributed by atoms with Crippen LogP contribution in [0.4, 0.5) is 0 Å². The van der Waals surface area contributed by atoms with Crippen molar-refractivity contribution in [2.75, 3.05) is 27.2 Å². The van der Waals surface area contributed by atoms with Crippen LogP contribution in [0.1, 0.15) is 53.4 Å². The van der Waals surface area contributed by atoms with Crippen LogP contribution >= 0.6 is 0 Å². The fourth-order valence-corrected chi connectivity index (χ4v) is 4.78. The molecule has 2 aliphatic rings. The van der Waals surface area contributed by atoms with E-state index in [0.717, 1.165) is 0 Å². The molecule has 2 N–H and O–H groups in total. The number of esters is 1. The molecule has 0 aromatic carbocycles. The molecule has 0 saturated carbocycles. The van der Waals surface area contributed by atoms with E-state index in [0.29, 0.717) is 19.4 Å². The highest BCUT2D eigenvalue weighted by Crippen LogP contribution is 2.21. The molecular formula is C26H41N5O7. The van der Waals surface area contributed by atoms with Gasteiger partial charge < -0.3 is 30.1 Å². The van der Waals surface area contributed by atoms with Gasteiger partial charge in [-0.05, 0) is 32.6 Å². The van der Waals surface area contributed by atoms with Crippen LogP contribution in [0.5, 0.6) is 0 Å². The molecule has 1 unspecified atom stereocenters. The van der Waals surface area contributed by atoms with E-state index in [1.165, 1.54) is 41.8 Å². The summed E-state index contributed by atoms with van der Waals surface area (Å²) in [6, 6.07) is -3.58. The van der Waals surface area contributed by atoms with Gasteiger partial charge in [-0.15, -0.1) is 6.58 Å². The van der Waals surface area contributed by atoms with Crippen LogP contribution in [-0.2, 0) is 33.5 Å². The van der Waals surface area contributed by atoms with Crippen molar-refractivity contribution in [2.45, 2.75) is 83.6 Å². The zero-order chi connectivity index (χ0) is 28.7. The molecule has 2 rings (SSSR count). The van der Waals surface area contributed by atoms with E-state index >= 15 is 0 Å². The SMILES string of the molecule is C=CCC1OC(=O)CCNC(=O)[C@H](C)N(C)C(=O)[C@H](C(C)C)N(C)C(=O)[C@H](C)NC(=O)[C@@H]2CCCN2C1=O. The highest BCUT2D eigenvalue weighted by Gasteiger charge is 2.40. The van der Waals surface area contributed by atoms with E-state index in [1.807, 2.05) is 0 Å². The third-order valence-electron chi connectivity index (χ3n) is 7.08. The number of cyclic esters (lactones) is 1. The molecule has 0 aromatic rings. The molecule has 12 nitrogen and oxygen atoms in total. The first-order valence-corrected chi connectivity index (χ1v) is 13.0. The summed E-state index contributed by atoms with van der Waals surface area (Å²) in [5, 5.41) is 5.30. The van der Waals surface area contributed by atoms with Crippen molar-refractivity contribution in [1.82, 2.24) is 25.3 Å². The summed E-state index contributed by atoms with van der Waals surface area (Å²) in [7, 11) is 2.96. The molecule has 2 fully saturated rings. The minimum Gasteiger partial charge on any atom is -0.452 e. The van der Waals surface area contributed by atoms with Crippen molar-refractivity contribution in [2.24, 2.45) is 5.92 Å². The maximum atomic E-state index is 13.4. The van der Waals surface area contributed by atoms with Gasteiger partial charge in [0, 0.05) is 33.6 Å². The minimum absolute atomic E-state index is 0.0575. The Balaban J connectivity index is 2.41.